The third-order valence-corrected chi connectivity index (χ3v) is 5.63. The molecule has 174 valence electrons. The summed E-state index contributed by atoms with van der Waals surface area (Å²) in [6.45, 7) is 2.53. The number of carboxylic acids is 1. The Hall–Kier alpha value is -3.10. The van der Waals surface area contributed by atoms with Gasteiger partial charge in [-0.2, -0.15) is 0 Å². The van der Waals surface area contributed by atoms with Crippen molar-refractivity contribution < 1.29 is 24.2 Å². The number of carbonyl (C=O) groups excluding carboxylic acids is 2. The molecule has 1 aliphatic carbocycles. The SMILES string of the molecule is C[C@H](OCc1ccccc1)C(=O)NCC1CCC(C(=O)N[C@H](CN=[N+]=[N-])CC(=O)O)CC1. The summed E-state index contributed by atoms with van der Waals surface area (Å²) in [5.74, 6) is -1.37. The summed E-state index contributed by atoms with van der Waals surface area (Å²) in [5.41, 5.74) is 9.44. The van der Waals surface area contributed by atoms with Crippen molar-refractivity contribution >= 4 is 17.8 Å². The van der Waals surface area contributed by atoms with Crippen LogP contribution in [0.5, 0.6) is 0 Å². The molecule has 0 aliphatic heterocycles. The van der Waals surface area contributed by atoms with Crippen molar-refractivity contribution in [3.63, 3.8) is 0 Å². The molecule has 10 nitrogen and oxygen atoms in total. The molecule has 2 rings (SSSR count). The average Bonchev–Trinajstić information content (AvgIpc) is 2.80. The number of ether oxygens (including phenoxy) is 1. The minimum atomic E-state index is -1.06. The zero-order chi connectivity index (χ0) is 23.3. The quantitative estimate of drug-likeness (QED) is 0.256. The van der Waals surface area contributed by atoms with E-state index in [1.165, 1.54) is 0 Å². The van der Waals surface area contributed by atoms with Gasteiger partial charge in [0.2, 0.25) is 11.8 Å². The highest BCUT2D eigenvalue weighted by Gasteiger charge is 2.28. The number of hydrogen-bond donors (Lipinski definition) is 3. The Morgan fingerprint density at radius 2 is 1.91 bits per heavy atom. The molecule has 0 heterocycles. The predicted molar refractivity (Wildman–Crippen MR) is 117 cm³/mol. The van der Waals surface area contributed by atoms with Crippen LogP contribution in [-0.4, -0.2) is 48.1 Å². The highest BCUT2D eigenvalue weighted by Crippen LogP contribution is 2.28. The number of benzene rings is 1. The highest BCUT2D eigenvalue weighted by molar-refractivity contribution is 5.80. The first kappa shape index (κ1) is 25.2. The molecule has 1 aromatic rings. The molecule has 1 saturated carbocycles. The maximum atomic E-state index is 12.5. The number of nitrogens with one attached hydrogen (secondary N) is 2. The van der Waals surface area contributed by atoms with Crippen LogP contribution in [0.1, 0.15) is 44.6 Å². The van der Waals surface area contributed by atoms with Crippen molar-refractivity contribution in [3.8, 4) is 0 Å². The van der Waals surface area contributed by atoms with Crippen LogP contribution < -0.4 is 10.6 Å². The first-order chi connectivity index (χ1) is 15.4. The molecule has 1 aliphatic rings. The van der Waals surface area contributed by atoms with Gasteiger partial charge in [-0.25, -0.2) is 0 Å². The van der Waals surface area contributed by atoms with E-state index < -0.39 is 18.1 Å². The van der Waals surface area contributed by atoms with Crippen molar-refractivity contribution in [1.29, 1.82) is 0 Å². The number of carbonyl (C=O) groups is 3. The van der Waals surface area contributed by atoms with E-state index in [0.29, 0.717) is 26.0 Å². The van der Waals surface area contributed by atoms with Crippen LogP contribution in [0.2, 0.25) is 0 Å². The van der Waals surface area contributed by atoms with Crippen molar-refractivity contribution in [3.05, 3.63) is 46.3 Å². The first-order valence-corrected chi connectivity index (χ1v) is 10.8. The molecule has 1 fully saturated rings. The molecule has 10 heteroatoms. The highest BCUT2D eigenvalue weighted by atomic mass is 16.5. The topological polar surface area (TPSA) is 153 Å². The van der Waals surface area contributed by atoms with E-state index in [9.17, 15) is 14.4 Å². The van der Waals surface area contributed by atoms with Crippen molar-refractivity contribution in [1.82, 2.24) is 10.6 Å². The third kappa shape index (κ3) is 8.95. The van der Waals surface area contributed by atoms with Gasteiger partial charge in [-0.3, -0.25) is 14.4 Å². The number of nitrogens with zero attached hydrogens (tertiary/aromatic N) is 3. The van der Waals surface area contributed by atoms with Gasteiger partial charge in [0.25, 0.3) is 0 Å². The monoisotopic (exact) mass is 445 g/mol. The zero-order valence-electron chi connectivity index (χ0n) is 18.3. The summed E-state index contributed by atoms with van der Waals surface area (Å²) in [6.07, 6.45) is 2.05. The summed E-state index contributed by atoms with van der Waals surface area (Å²) in [7, 11) is 0. The molecule has 32 heavy (non-hydrogen) atoms. The lowest BCUT2D eigenvalue weighted by molar-refractivity contribution is -0.138. The summed E-state index contributed by atoms with van der Waals surface area (Å²) in [6, 6.07) is 8.94. The molecule has 0 saturated heterocycles. The van der Waals surface area contributed by atoms with Crippen LogP contribution in [-0.2, 0) is 25.7 Å². The van der Waals surface area contributed by atoms with Crippen LogP contribution in [0.3, 0.4) is 0 Å². The fraction of sp³-hybridized carbons (Fsp3) is 0.591. The Labute approximate surface area is 187 Å². The van der Waals surface area contributed by atoms with Gasteiger partial charge in [0.1, 0.15) is 6.10 Å². The fourth-order valence-corrected chi connectivity index (χ4v) is 3.71. The molecule has 3 N–H and O–H groups in total. The van der Waals surface area contributed by atoms with Crippen LogP contribution in [0.4, 0.5) is 0 Å². The summed E-state index contributed by atoms with van der Waals surface area (Å²) in [4.78, 5) is 38.3. The van der Waals surface area contributed by atoms with Gasteiger partial charge >= 0.3 is 5.97 Å². The number of rotatable bonds is 12. The largest absolute Gasteiger partial charge is 0.481 e. The minimum absolute atomic E-state index is 0.0968. The fourth-order valence-electron chi connectivity index (χ4n) is 3.71. The van der Waals surface area contributed by atoms with Crippen LogP contribution in [0.15, 0.2) is 35.4 Å². The van der Waals surface area contributed by atoms with Crippen molar-refractivity contribution in [2.45, 2.75) is 57.8 Å². The lowest BCUT2D eigenvalue weighted by Crippen LogP contribution is -2.43. The van der Waals surface area contributed by atoms with Crippen LogP contribution in [0.25, 0.3) is 10.4 Å². The average molecular weight is 446 g/mol. The maximum Gasteiger partial charge on any atom is 0.305 e. The Bertz CT molecular complexity index is 800. The molecule has 2 amide bonds. The molecule has 0 unspecified atom stereocenters. The lowest BCUT2D eigenvalue weighted by atomic mass is 9.81. The molecule has 2 atom stereocenters. The van der Waals surface area contributed by atoms with Gasteiger partial charge in [-0.1, -0.05) is 35.4 Å². The summed E-state index contributed by atoms with van der Waals surface area (Å²) in [5, 5.41) is 17.9. The molecule has 0 aromatic heterocycles. The zero-order valence-corrected chi connectivity index (χ0v) is 18.3. The van der Waals surface area contributed by atoms with E-state index in [2.05, 4.69) is 20.7 Å². The molecule has 1 aromatic carbocycles. The van der Waals surface area contributed by atoms with E-state index in [4.69, 9.17) is 15.4 Å². The molecular weight excluding hydrogens is 414 g/mol. The number of amides is 2. The standard InChI is InChI=1S/C22H31N5O5/c1-15(32-14-17-5-3-2-4-6-17)21(30)24-12-16-7-9-18(10-8-16)22(31)26-19(11-20(28)29)13-25-27-23/h2-6,15-16,18-19H,7-14H2,1H3,(H,24,30)(H,26,31)(H,28,29)/t15-,16?,18?,19-/m0/s1. The third-order valence-electron chi connectivity index (χ3n) is 5.63. The van der Waals surface area contributed by atoms with Gasteiger partial charge in [-0.05, 0) is 49.6 Å². The Kier molecular flexibility index (Phi) is 10.5. The Morgan fingerprint density at radius 3 is 2.53 bits per heavy atom. The van der Waals surface area contributed by atoms with Crippen LogP contribution in [0, 0.1) is 11.8 Å². The van der Waals surface area contributed by atoms with Gasteiger partial charge in [0, 0.05) is 30.0 Å². The van der Waals surface area contributed by atoms with Crippen molar-refractivity contribution in [2.75, 3.05) is 13.1 Å². The predicted octanol–water partition coefficient (Wildman–Crippen LogP) is 2.78. The van der Waals surface area contributed by atoms with E-state index >= 15 is 0 Å². The number of aliphatic carboxylic acids is 1. The molecule has 0 radical (unpaired) electrons. The first-order valence-electron chi connectivity index (χ1n) is 10.8. The minimum Gasteiger partial charge on any atom is -0.481 e. The Balaban J connectivity index is 1.69. The normalized spacial score (nSPS) is 19.8. The van der Waals surface area contributed by atoms with Gasteiger partial charge in [0.15, 0.2) is 0 Å². The van der Waals surface area contributed by atoms with E-state index in [0.717, 1.165) is 18.4 Å². The molecule has 0 spiro atoms. The number of azide groups is 1. The molecule has 0 bridgehead atoms. The lowest BCUT2D eigenvalue weighted by Gasteiger charge is -2.29. The van der Waals surface area contributed by atoms with E-state index in [-0.39, 0.29) is 36.6 Å². The van der Waals surface area contributed by atoms with Crippen molar-refractivity contribution in [2.24, 2.45) is 17.0 Å². The second-order valence-corrected chi connectivity index (χ2v) is 8.12. The van der Waals surface area contributed by atoms with Gasteiger partial charge in [0.05, 0.1) is 13.0 Å². The Morgan fingerprint density at radius 1 is 1.22 bits per heavy atom. The summed E-state index contributed by atoms with van der Waals surface area (Å²) >= 11 is 0. The molecular formula is C22H31N5O5. The number of hydrogen-bond acceptors (Lipinski definition) is 5. The van der Waals surface area contributed by atoms with E-state index in [1.807, 2.05) is 30.3 Å². The van der Waals surface area contributed by atoms with E-state index in [1.54, 1.807) is 6.92 Å². The van der Waals surface area contributed by atoms with Gasteiger partial charge in [-0.15, -0.1) is 0 Å². The second-order valence-electron chi connectivity index (χ2n) is 8.12. The van der Waals surface area contributed by atoms with Gasteiger partial charge < -0.3 is 20.5 Å². The smallest absolute Gasteiger partial charge is 0.305 e. The summed E-state index contributed by atoms with van der Waals surface area (Å²) < 4.78 is 5.63. The van der Waals surface area contributed by atoms with Crippen LogP contribution >= 0.6 is 0 Å². The number of carboxylic acid groups (broad SMARTS) is 1. The second kappa shape index (κ2) is 13.3. The maximum absolute atomic E-state index is 12.5.